The Kier molecular flexibility index (Phi) is 21.2. The highest BCUT2D eigenvalue weighted by Gasteiger charge is 2.43. The third-order valence-corrected chi connectivity index (χ3v) is 38.2. The van der Waals surface area contributed by atoms with Gasteiger partial charge in [-0.05, 0) is 105 Å². The largest absolute Gasteiger partial charge is 0.260 e. The highest BCUT2D eigenvalue weighted by molar-refractivity contribution is 7.05. The molecule has 132 heavy (non-hydrogen) atoms. The van der Waals surface area contributed by atoms with Crippen molar-refractivity contribution in [3.05, 3.63) is 399 Å². The van der Waals surface area contributed by atoms with Crippen LogP contribution in [-0.2, 0) is 19.3 Å². The van der Waals surface area contributed by atoms with E-state index in [1.54, 1.807) is 0 Å². The van der Waals surface area contributed by atoms with Crippen molar-refractivity contribution in [1.82, 2.24) is 59.8 Å². The summed E-state index contributed by atoms with van der Waals surface area (Å²) in [5.74, 6) is 2.12. The van der Waals surface area contributed by atoms with E-state index in [9.17, 15) is 0 Å². The summed E-state index contributed by atoms with van der Waals surface area (Å²) in [5.41, 5.74) is 33.8. The predicted molar refractivity (Wildman–Crippen MR) is 547 cm³/mol. The van der Waals surface area contributed by atoms with E-state index >= 15 is 0 Å². The Morgan fingerprint density at radius 3 is 0.568 bits per heavy atom. The Bertz CT molecular complexity index is 6750. The van der Waals surface area contributed by atoms with Gasteiger partial charge >= 0.3 is 0 Å². The molecule has 12 heterocycles. The van der Waals surface area contributed by atoms with Crippen molar-refractivity contribution in [3.8, 4) is 169 Å². The summed E-state index contributed by atoms with van der Waals surface area (Å²) in [5, 5.41) is 8.08. The van der Waals surface area contributed by atoms with Crippen molar-refractivity contribution in [2.45, 2.75) is 97.1 Å². The van der Waals surface area contributed by atoms with Gasteiger partial charge in [0.05, 0.1) is 51.2 Å². The Morgan fingerprint density at radius 1 is 0.197 bits per heavy atom. The SMILES string of the molecule is CC(Cc1c(-c2ccccc2)nc(-c2ccccc2)nc1-c1ccccc1)c1cc2c(cn1)-c1cnc(-c3cc(-c4cc5c(cn4)-c4cnc(C(C)Cc6c(-c7ccccc7)nc(-c7ccccc7)nc6-c6ccccc6)cc4[Si]5(C)C)cc(-c4cc5c(cn4)-c4cnc(C(C)Cc6c(-c7ccccc7)nc(-c7ccccc7)nc6-c6ccccc6)cc4[Si]5(C)C)c3)cc1[Si]2(C)C. The van der Waals surface area contributed by atoms with E-state index in [0.717, 1.165) is 185 Å². The second-order valence-electron chi connectivity index (χ2n) is 37.3. The van der Waals surface area contributed by atoms with Crippen LogP contribution < -0.4 is 31.1 Å². The normalized spacial score (nSPS) is 14.0. The Labute approximate surface area is 774 Å². The van der Waals surface area contributed by atoms with Gasteiger partial charge in [-0.25, -0.2) is 29.9 Å². The minimum atomic E-state index is -2.46. The summed E-state index contributed by atoms with van der Waals surface area (Å²) in [6.45, 7) is 21.9. The van der Waals surface area contributed by atoms with E-state index in [1.165, 1.54) is 31.1 Å². The molecule has 3 aliphatic heterocycles. The quantitative estimate of drug-likeness (QED) is 0.0629. The zero-order valence-corrected chi connectivity index (χ0v) is 78.4. The van der Waals surface area contributed by atoms with E-state index in [-0.39, 0.29) is 17.8 Å². The number of hydrogen-bond acceptors (Lipinski definition) is 12. The van der Waals surface area contributed by atoms with Crippen molar-refractivity contribution in [2.75, 3.05) is 0 Å². The van der Waals surface area contributed by atoms with Crippen molar-refractivity contribution in [3.63, 3.8) is 0 Å². The Hall–Kier alpha value is -15.0. The maximum atomic E-state index is 5.53. The highest BCUT2D eigenvalue weighted by Crippen LogP contribution is 2.44. The number of rotatable bonds is 21. The van der Waals surface area contributed by atoms with Gasteiger partial charge in [0.1, 0.15) is 24.2 Å². The first-order valence-corrected chi connectivity index (χ1v) is 54.8. The average Bonchev–Trinajstić information content (AvgIpc) is 1.58. The van der Waals surface area contributed by atoms with Crippen molar-refractivity contribution in [1.29, 1.82) is 0 Å². The Balaban J connectivity index is 0.619. The van der Waals surface area contributed by atoms with E-state index in [4.69, 9.17) is 59.8 Å². The molecule has 12 nitrogen and oxygen atoms in total. The fourth-order valence-corrected chi connectivity index (χ4v) is 29.5. The van der Waals surface area contributed by atoms with Crippen LogP contribution in [-0.4, -0.2) is 84.0 Å². The zero-order valence-electron chi connectivity index (χ0n) is 75.4. The van der Waals surface area contributed by atoms with E-state index in [2.05, 4.69) is 407 Å². The van der Waals surface area contributed by atoms with Gasteiger partial charge in [0, 0.05) is 189 Å². The van der Waals surface area contributed by atoms with Crippen molar-refractivity contribution < 1.29 is 0 Å². The number of nitrogens with zero attached hydrogens (tertiary/aromatic N) is 12. The average molecular weight is 1750 g/mol. The molecular formula is C117H96N12Si3. The lowest BCUT2D eigenvalue weighted by Gasteiger charge is -2.22. The lowest BCUT2D eigenvalue weighted by Crippen LogP contribution is -2.49. The predicted octanol–water partition coefficient (Wildman–Crippen LogP) is 23.9. The number of benzene rings is 10. The van der Waals surface area contributed by atoms with E-state index in [1.807, 2.05) is 18.2 Å². The molecule has 0 amide bonds. The fraction of sp³-hybridized carbons (Fsp3) is 0.128. The van der Waals surface area contributed by atoms with Crippen LogP contribution in [0.2, 0.25) is 39.3 Å². The molecule has 19 aromatic rings. The second kappa shape index (κ2) is 33.8. The summed E-state index contributed by atoms with van der Waals surface area (Å²) in [4.78, 5) is 65.3. The first kappa shape index (κ1) is 82.7. The first-order chi connectivity index (χ1) is 64.4. The van der Waals surface area contributed by atoms with E-state index in [0.29, 0.717) is 36.7 Å². The van der Waals surface area contributed by atoms with Gasteiger partial charge in [0.2, 0.25) is 0 Å². The number of aromatic nitrogens is 12. The minimum Gasteiger partial charge on any atom is -0.260 e. The molecule has 0 saturated carbocycles. The lowest BCUT2D eigenvalue weighted by atomic mass is 9.90. The van der Waals surface area contributed by atoms with Crippen LogP contribution in [0.3, 0.4) is 0 Å². The molecule has 0 spiro atoms. The zero-order chi connectivity index (χ0) is 89.5. The van der Waals surface area contributed by atoms with Crippen molar-refractivity contribution in [2.24, 2.45) is 0 Å². The van der Waals surface area contributed by atoms with Crippen LogP contribution in [0.25, 0.3) is 169 Å². The summed E-state index contributed by atoms with van der Waals surface area (Å²) in [7, 11) is -7.38. The van der Waals surface area contributed by atoms with Crippen LogP contribution in [0, 0.1) is 0 Å². The molecule has 10 aromatic carbocycles. The monoisotopic (exact) mass is 1750 g/mol. The molecule has 9 aromatic heterocycles. The molecular weight excluding hydrogens is 1660 g/mol. The third-order valence-electron chi connectivity index (χ3n) is 27.7. The number of pyridine rings is 6. The van der Waals surface area contributed by atoms with Crippen LogP contribution in [0.5, 0.6) is 0 Å². The summed E-state index contributed by atoms with van der Waals surface area (Å²) in [6, 6.07) is 116. The Morgan fingerprint density at radius 2 is 0.371 bits per heavy atom. The molecule has 3 aliphatic rings. The van der Waals surface area contributed by atoms with E-state index < -0.39 is 24.2 Å². The van der Waals surface area contributed by atoms with Crippen molar-refractivity contribution >= 4 is 55.3 Å². The van der Waals surface area contributed by atoms with Gasteiger partial charge < -0.3 is 0 Å². The van der Waals surface area contributed by atoms with Gasteiger partial charge in [0.15, 0.2) is 17.5 Å². The second-order valence-corrected chi connectivity index (χ2v) is 50.2. The minimum absolute atomic E-state index is 0.00872. The smallest absolute Gasteiger partial charge is 0.160 e. The van der Waals surface area contributed by atoms with Gasteiger partial charge in [-0.1, -0.05) is 333 Å². The summed E-state index contributed by atoms with van der Waals surface area (Å²) in [6.07, 6.45) is 14.8. The van der Waals surface area contributed by atoms with Gasteiger partial charge in [-0.15, -0.1) is 0 Å². The molecule has 15 heteroatoms. The standard InChI is InChI=1S/C117H96N12Si3/c1-73(55-88-109(76-37-19-10-20-38-76)124-115(82-49-31-16-32-50-82)125-110(88)77-39-21-11-22-40-77)97-61-103-91(67-118-97)94-70-121-100(64-106(94)130(103,4)5)85-58-86(101-65-107-95(71-122-101)92-68-119-98(62-104(92)131(107,6)7)74(2)56-89-111(78-41-23-12-24-42-78)126-116(83-51-33-17-34-52-83)127-112(89)79-43-25-13-26-44-79)60-87(59-85)102-66-108-96(72-123-102)93-69-120-99(63-105(93)132(108,8)9)75(3)57-90-113(80-45-27-14-28-46-80)128-117(84-53-35-18-36-54-84)129-114(90)81-47-29-15-30-48-81/h10-54,58-75H,55-57H2,1-9H3. The van der Waals surface area contributed by atoms with Gasteiger partial charge in [-0.3, -0.25) is 29.9 Å². The molecule has 0 N–H and O–H groups in total. The maximum Gasteiger partial charge on any atom is 0.160 e. The van der Waals surface area contributed by atoms with Crippen LogP contribution in [0.1, 0.15) is 72.3 Å². The molecule has 0 saturated heterocycles. The molecule has 0 bridgehead atoms. The summed E-state index contributed by atoms with van der Waals surface area (Å²) < 4.78 is 0. The topological polar surface area (TPSA) is 155 Å². The molecule has 0 fully saturated rings. The fourth-order valence-electron chi connectivity index (χ4n) is 20.4. The number of hydrogen-bond donors (Lipinski definition) is 0. The highest BCUT2D eigenvalue weighted by atomic mass is 28.3. The molecule has 22 rings (SSSR count). The van der Waals surface area contributed by atoms with Crippen LogP contribution in [0.4, 0.5) is 0 Å². The number of fused-ring (bicyclic) bond motifs is 9. The molecule has 3 unspecified atom stereocenters. The van der Waals surface area contributed by atoms with Gasteiger partial charge in [0.25, 0.3) is 0 Å². The maximum absolute atomic E-state index is 5.53. The first-order valence-electron chi connectivity index (χ1n) is 45.8. The summed E-state index contributed by atoms with van der Waals surface area (Å²) >= 11 is 0. The molecule has 0 radical (unpaired) electrons. The van der Waals surface area contributed by atoms with Gasteiger partial charge in [-0.2, -0.15) is 0 Å². The molecule has 0 aliphatic carbocycles. The lowest BCUT2D eigenvalue weighted by molar-refractivity contribution is 0.729. The molecule has 3 atom stereocenters. The molecule has 636 valence electrons. The third kappa shape index (κ3) is 15.1. The van der Waals surface area contributed by atoms with Crippen LogP contribution >= 0.6 is 0 Å². The van der Waals surface area contributed by atoms with Crippen LogP contribution in [0.15, 0.2) is 365 Å².